The Morgan fingerprint density at radius 2 is 1.96 bits per heavy atom. The third-order valence-electron chi connectivity index (χ3n) is 4.06. The van der Waals surface area contributed by atoms with E-state index in [1.165, 1.54) is 4.57 Å². The maximum absolute atomic E-state index is 12.2. The van der Waals surface area contributed by atoms with Crippen molar-refractivity contribution in [3.05, 3.63) is 80.3 Å². The first kappa shape index (κ1) is 17.4. The Balaban J connectivity index is 1.67. The largest absolute Gasteiger partial charge is 0.392 e. The summed E-state index contributed by atoms with van der Waals surface area (Å²) in [4.78, 5) is 16.6. The molecule has 3 aromatic rings. The lowest BCUT2D eigenvalue weighted by atomic mass is 10.1. The Bertz CT molecular complexity index is 916. The van der Waals surface area contributed by atoms with E-state index in [-0.39, 0.29) is 18.7 Å². The van der Waals surface area contributed by atoms with Crippen molar-refractivity contribution in [1.82, 2.24) is 14.7 Å². The van der Waals surface area contributed by atoms with E-state index < -0.39 is 0 Å². The number of hydrogen-bond acceptors (Lipinski definition) is 5. The van der Waals surface area contributed by atoms with Gasteiger partial charge in [-0.05, 0) is 42.7 Å². The third-order valence-corrected chi connectivity index (χ3v) is 4.31. The number of aliphatic hydroxyl groups excluding tert-OH is 1. The summed E-state index contributed by atoms with van der Waals surface area (Å²) in [5, 5.41) is 13.9. The van der Waals surface area contributed by atoms with Crippen LogP contribution in [-0.2, 0) is 26.0 Å². The molecule has 0 bridgehead atoms. The van der Waals surface area contributed by atoms with Crippen LogP contribution in [0.15, 0.2) is 45.8 Å². The second-order valence-corrected chi connectivity index (χ2v) is 6.22. The number of benzene rings is 1. The van der Waals surface area contributed by atoms with Crippen LogP contribution in [0.25, 0.3) is 0 Å². The summed E-state index contributed by atoms with van der Waals surface area (Å²) in [5.41, 5.74) is 2.11. The van der Waals surface area contributed by atoms with Crippen LogP contribution >= 0.6 is 11.6 Å². The quantitative estimate of drug-likeness (QED) is 0.731. The fourth-order valence-electron chi connectivity index (χ4n) is 2.53. The number of pyridine rings is 1. The van der Waals surface area contributed by atoms with Crippen molar-refractivity contribution in [3.63, 3.8) is 0 Å². The van der Waals surface area contributed by atoms with Gasteiger partial charge < -0.3 is 14.2 Å². The molecule has 0 amide bonds. The molecule has 0 saturated carbocycles. The minimum absolute atomic E-state index is 0.155. The summed E-state index contributed by atoms with van der Waals surface area (Å²) in [7, 11) is 0. The molecule has 0 aliphatic heterocycles. The van der Waals surface area contributed by atoms with Gasteiger partial charge in [-0.15, -0.1) is 0 Å². The Hall–Kier alpha value is -2.44. The molecule has 2 heterocycles. The number of nitrogens with zero attached hydrogens (tertiary/aromatic N) is 3. The van der Waals surface area contributed by atoms with Crippen molar-refractivity contribution in [3.8, 4) is 0 Å². The third kappa shape index (κ3) is 4.15. The van der Waals surface area contributed by atoms with Crippen LogP contribution in [0.1, 0.15) is 28.4 Å². The zero-order valence-electron chi connectivity index (χ0n) is 13.8. The van der Waals surface area contributed by atoms with Crippen LogP contribution in [0, 0.1) is 6.92 Å². The minimum atomic E-state index is -0.174. The molecule has 0 aliphatic carbocycles. The molecular formula is C18H18ClN3O3. The average Bonchev–Trinajstić information content (AvgIpc) is 3.06. The number of aromatic nitrogens is 3. The molecule has 0 saturated heterocycles. The molecule has 0 atom stereocenters. The molecule has 0 unspecified atom stereocenters. The Labute approximate surface area is 149 Å². The van der Waals surface area contributed by atoms with E-state index in [2.05, 4.69) is 10.1 Å². The molecule has 7 heteroatoms. The zero-order valence-corrected chi connectivity index (χ0v) is 14.5. The lowest BCUT2D eigenvalue weighted by molar-refractivity contribution is 0.280. The highest BCUT2D eigenvalue weighted by molar-refractivity contribution is 6.30. The van der Waals surface area contributed by atoms with E-state index >= 15 is 0 Å². The maximum Gasteiger partial charge on any atom is 0.254 e. The van der Waals surface area contributed by atoms with Gasteiger partial charge in [-0.3, -0.25) is 4.79 Å². The lowest BCUT2D eigenvalue weighted by Gasteiger charge is -2.06. The SMILES string of the molecule is Cc1c(CO)ccn(Cc2nc(CCc3ccc(Cl)cc3)no2)c1=O. The van der Waals surface area contributed by atoms with Gasteiger partial charge in [0.25, 0.3) is 5.56 Å². The van der Waals surface area contributed by atoms with Crippen molar-refractivity contribution in [2.45, 2.75) is 32.9 Å². The van der Waals surface area contributed by atoms with E-state index in [0.717, 1.165) is 12.0 Å². The topological polar surface area (TPSA) is 81.2 Å². The summed E-state index contributed by atoms with van der Waals surface area (Å²) < 4.78 is 6.73. The first-order valence-electron chi connectivity index (χ1n) is 7.92. The highest BCUT2D eigenvalue weighted by Crippen LogP contribution is 2.11. The van der Waals surface area contributed by atoms with Crippen molar-refractivity contribution in [2.75, 3.05) is 0 Å². The number of hydrogen-bond donors (Lipinski definition) is 1. The van der Waals surface area contributed by atoms with Gasteiger partial charge in [0.05, 0.1) is 6.61 Å². The van der Waals surface area contributed by atoms with Crippen LogP contribution in [0.4, 0.5) is 0 Å². The van der Waals surface area contributed by atoms with Crippen molar-refractivity contribution >= 4 is 11.6 Å². The molecular weight excluding hydrogens is 342 g/mol. The Morgan fingerprint density at radius 3 is 2.68 bits per heavy atom. The summed E-state index contributed by atoms with van der Waals surface area (Å²) in [6, 6.07) is 9.35. The Morgan fingerprint density at radius 1 is 1.20 bits per heavy atom. The summed E-state index contributed by atoms with van der Waals surface area (Å²) in [6.07, 6.45) is 3.04. The van der Waals surface area contributed by atoms with Crippen LogP contribution in [0.3, 0.4) is 0 Å². The van der Waals surface area contributed by atoms with E-state index in [1.54, 1.807) is 19.2 Å². The molecule has 0 radical (unpaired) electrons. The molecule has 1 N–H and O–H groups in total. The van der Waals surface area contributed by atoms with E-state index in [9.17, 15) is 9.90 Å². The number of aryl methyl sites for hydroxylation is 2. The van der Waals surface area contributed by atoms with E-state index in [0.29, 0.717) is 34.3 Å². The standard InChI is InChI=1S/C18H18ClN3O3/c1-12-14(11-23)8-9-22(18(12)24)10-17-20-16(21-25-17)7-4-13-2-5-15(19)6-3-13/h2-3,5-6,8-9,23H,4,7,10-11H2,1H3. The predicted octanol–water partition coefficient (Wildman–Crippen LogP) is 2.52. The van der Waals surface area contributed by atoms with Crippen LogP contribution in [0.5, 0.6) is 0 Å². The van der Waals surface area contributed by atoms with Gasteiger partial charge in [-0.1, -0.05) is 28.9 Å². The summed E-state index contributed by atoms with van der Waals surface area (Å²) >= 11 is 5.87. The van der Waals surface area contributed by atoms with Gasteiger partial charge in [0.1, 0.15) is 6.54 Å². The Kier molecular flexibility index (Phi) is 5.31. The second-order valence-electron chi connectivity index (χ2n) is 5.79. The molecule has 0 spiro atoms. The molecule has 6 nitrogen and oxygen atoms in total. The zero-order chi connectivity index (χ0) is 17.8. The first-order chi connectivity index (χ1) is 12.1. The number of halogens is 1. The molecule has 2 aromatic heterocycles. The number of aliphatic hydroxyl groups is 1. The fourth-order valence-corrected chi connectivity index (χ4v) is 2.66. The van der Waals surface area contributed by atoms with Crippen molar-refractivity contribution < 1.29 is 9.63 Å². The van der Waals surface area contributed by atoms with Gasteiger partial charge in [-0.25, -0.2) is 0 Å². The molecule has 0 fully saturated rings. The number of rotatable bonds is 6. The van der Waals surface area contributed by atoms with Gasteiger partial charge in [0.15, 0.2) is 5.82 Å². The average molecular weight is 360 g/mol. The molecule has 130 valence electrons. The molecule has 1 aromatic carbocycles. The summed E-state index contributed by atoms with van der Waals surface area (Å²) in [5.74, 6) is 0.978. The smallest absolute Gasteiger partial charge is 0.254 e. The maximum atomic E-state index is 12.2. The van der Waals surface area contributed by atoms with Gasteiger partial charge in [0, 0.05) is 23.2 Å². The lowest BCUT2D eigenvalue weighted by Crippen LogP contribution is -2.23. The van der Waals surface area contributed by atoms with Crippen LogP contribution in [-0.4, -0.2) is 19.8 Å². The van der Waals surface area contributed by atoms with Crippen LogP contribution < -0.4 is 5.56 Å². The van der Waals surface area contributed by atoms with Gasteiger partial charge in [-0.2, -0.15) is 4.98 Å². The van der Waals surface area contributed by atoms with E-state index in [4.69, 9.17) is 16.1 Å². The minimum Gasteiger partial charge on any atom is -0.392 e. The highest BCUT2D eigenvalue weighted by atomic mass is 35.5. The molecule has 0 aliphatic rings. The van der Waals surface area contributed by atoms with E-state index in [1.807, 2.05) is 24.3 Å². The predicted molar refractivity (Wildman–Crippen MR) is 93.6 cm³/mol. The molecule has 25 heavy (non-hydrogen) atoms. The monoisotopic (exact) mass is 359 g/mol. The second kappa shape index (κ2) is 7.63. The van der Waals surface area contributed by atoms with Crippen molar-refractivity contribution in [2.24, 2.45) is 0 Å². The van der Waals surface area contributed by atoms with Gasteiger partial charge >= 0.3 is 0 Å². The fraction of sp³-hybridized carbons (Fsp3) is 0.278. The molecule has 3 rings (SSSR count). The van der Waals surface area contributed by atoms with Crippen molar-refractivity contribution in [1.29, 1.82) is 0 Å². The first-order valence-corrected chi connectivity index (χ1v) is 8.30. The normalized spacial score (nSPS) is 11.0. The highest BCUT2D eigenvalue weighted by Gasteiger charge is 2.10. The van der Waals surface area contributed by atoms with Gasteiger partial charge in [0.2, 0.25) is 5.89 Å². The summed E-state index contributed by atoms with van der Waals surface area (Å²) in [6.45, 7) is 1.74. The van der Waals surface area contributed by atoms with Crippen LogP contribution in [0.2, 0.25) is 5.02 Å².